The first kappa shape index (κ1) is 14.0. The summed E-state index contributed by atoms with van der Waals surface area (Å²) >= 11 is 0. The molecule has 0 aliphatic heterocycles. The first-order valence-corrected chi connectivity index (χ1v) is 6.22. The van der Waals surface area contributed by atoms with Crippen LogP contribution in [0.25, 0.3) is 0 Å². The Bertz CT molecular complexity index is 352. The van der Waals surface area contributed by atoms with Crippen LogP contribution in [0.1, 0.15) is 45.2 Å². The third-order valence-corrected chi connectivity index (χ3v) is 2.77. The van der Waals surface area contributed by atoms with E-state index in [1.807, 2.05) is 6.92 Å². The van der Waals surface area contributed by atoms with E-state index in [1.165, 1.54) is 12.1 Å². The van der Waals surface area contributed by atoms with Crippen LogP contribution in [0.3, 0.4) is 0 Å². The monoisotopic (exact) mass is 239 g/mol. The van der Waals surface area contributed by atoms with E-state index < -0.39 is 0 Å². The lowest BCUT2D eigenvalue weighted by Gasteiger charge is -2.16. The van der Waals surface area contributed by atoms with Crippen LogP contribution in [-0.4, -0.2) is 6.61 Å². The van der Waals surface area contributed by atoms with Gasteiger partial charge in [-0.15, -0.1) is 0 Å². The number of benzene rings is 1. The van der Waals surface area contributed by atoms with Crippen LogP contribution in [0.15, 0.2) is 18.2 Å². The molecule has 96 valence electrons. The highest BCUT2D eigenvalue weighted by Crippen LogP contribution is 2.25. The molecule has 0 aliphatic carbocycles. The van der Waals surface area contributed by atoms with Crippen LogP contribution in [0, 0.1) is 11.7 Å². The van der Waals surface area contributed by atoms with Gasteiger partial charge in [0.2, 0.25) is 0 Å². The van der Waals surface area contributed by atoms with Gasteiger partial charge in [0.15, 0.2) is 0 Å². The lowest BCUT2D eigenvalue weighted by atomic mass is 10.1. The smallest absolute Gasteiger partial charge is 0.126 e. The second-order valence-corrected chi connectivity index (χ2v) is 4.68. The summed E-state index contributed by atoms with van der Waals surface area (Å²) in [7, 11) is 0. The maximum atomic E-state index is 13.2. The van der Waals surface area contributed by atoms with Crippen molar-refractivity contribution in [3.63, 3.8) is 0 Å². The van der Waals surface area contributed by atoms with Crippen molar-refractivity contribution in [2.45, 2.75) is 39.7 Å². The van der Waals surface area contributed by atoms with Gasteiger partial charge in [-0.3, -0.25) is 0 Å². The van der Waals surface area contributed by atoms with E-state index in [4.69, 9.17) is 10.5 Å². The van der Waals surface area contributed by atoms with Crippen LogP contribution in [0.4, 0.5) is 4.39 Å². The van der Waals surface area contributed by atoms with Gasteiger partial charge in [0.1, 0.15) is 11.6 Å². The molecular weight excluding hydrogens is 217 g/mol. The topological polar surface area (TPSA) is 35.2 Å². The van der Waals surface area contributed by atoms with Crippen molar-refractivity contribution >= 4 is 0 Å². The minimum atomic E-state index is -0.285. The van der Waals surface area contributed by atoms with Crippen LogP contribution in [-0.2, 0) is 0 Å². The fourth-order valence-electron chi connectivity index (χ4n) is 1.82. The Morgan fingerprint density at radius 3 is 2.65 bits per heavy atom. The highest BCUT2D eigenvalue weighted by Gasteiger charge is 2.10. The van der Waals surface area contributed by atoms with Gasteiger partial charge in [-0.05, 0) is 25.3 Å². The summed E-state index contributed by atoms with van der Waals surface area (Å²) in [5.74, 6) is 0.764. The van der Waals surface area contributed by atoms with Crippen molar-refractivity contribution in [3.05, 3.63) is 29.6 Å². The van der Waals surface area contributed by atoms with Crippen LogP contribution in [0.2, 0.25) is 0 Å². The van der Waals surface area contributed by atoms with Crippen LogP contribution >= 0.6 is 0 Å². The summed E-state index contributed by atoms with van der Waals surface area (Å²) in [5, 5.41) is 0. The van der Waals surface area contributed by atoms with Crippen molar-refractivity contribution in [1.82, 2.24) is 0 Å². The highest BCUT2D eigenvalue weighted by atomic mass is 19.1. The van der Waals surface area contributed by atoms with Crippen molar-refractivity contribution in [2.75, 3.05) is 6.61 Å². The van der Waals surface area contributed by atoms with Crippen molar-refractivity contribution in [1.29, 1.82) is 0 Å². The fourth-order valence-corrected chi connectivity index (χ4v) is 1.82. The molecule has 1 rings (SSSR count). The second-order valence-electron chi connectivity index (χ2n) is 4.68. The second kappa shape index (κ2) is 6.60. The van der Waals surface area contributed by atoms with Gasteiger partial charge in [0, 0.05) is 17.7 Å². The Labute approximate surface area is 103 Å². The normalized spacial score (nSPS) is 14.4. The largest absolute Gasteiger partial charge is 0.493 e. The molecule has 0 amide bonds. The van der Waals surface area contributed by atoms with E-state index in [0.29, 0.717) is 18.3 Å². The summed E-state index contributed by atoms with van der Waals surface area (Å²) < 4.78 is 18.8. The van der Waals surface area contributed by atoms with Crippen molar-refractivity contribution in [3.8, 4) is 5.75 Å². The fraction of sp³-hybridized carbons (Fsp3) is 0.571. The van der Waals surface area contributed by atoms with Crippen LogP contribution < -0.4 is 10.5 Å². The lowest BCUT2D eigenvalue weighted by Crippen LogP contribution is -2.12. The summed E-state index contributed by atoms with van der Waals surface area (Å²) in [5.41, 5.74) is 6.68. The minimum absolute atomic E-state index is 0.146. The molecule has 2 nitrogen and oxygen atoms in total. The van der Waals surface area contributed by atoms with E-state index in [-0.39, 0.29) is 11.9 Å². The molecule has 3 heteroatoms. The maximum Gasteiger partial charge on any atom is 0.126 e. The van der Waals surface area contributed by atoms with Gasteiger partial charge in [-0.25, -0.2) is 4.39 Å². The zero-order chi connectivity index (χ0) is 12.8. The molecule has 2 atom stereocenters. The van der Waals surface area contributed by atoms with E-state index in [0.717, 1.165) is 18.4 Å². The Hall–Kier alpha value is -1.09. The summed E-state index contributed by atoms with van der Waals surface area (Å²) in [4.78, 5) is 0. The van der Waals surface area contributed by atoms with Gasteiger partial charge in [-0.2, -0.15) is 0 Å². The van der Waals surface area contributed by atoms with Crippen molar-refractivity contribution in [2.24, 2.45) is 11.7 Å². The molecule has 1 unspecified atom stereocenters. The van der Waals surface area contributed by atoms with Gasteiger partial charge >= 0.3 is 0 Å². The first-order valence-electron chi connectivity index (χ1n) is 6.22. The zero-order valence-electron chi connectivity index (χ0n) is 10.9. The Balaban J connectivity index is 2.71. The van der Waals surface area contributed by atoms with Crippen LogP contribution in [0.5, 0.6) is 5.75 Å². The van der Waals surface area contributed by atoms with E-state index in [2.05, 4.69) is 13.8 Å². The molecule has 0 heterocycles. The number of halogens is 1. The molecule has 0 saturated heterocycles. The SMILES string of the molecule is CCCC(C)COc1cc(F)ccc1[C@@H](C)N. The molecule has 0 saturated carbocycles. The third-order valence-electron chi connectivity index (χ3n) is 2.77. The summed E-state index contributed by atoms with van der Waals surface area (Å²) in [6.07, 6.45) is 2.25. The number of hydrogen-bond acceptors (Lipinski definition) is 2. The quantitative estimate of drug-likeness (QED) is 0.822. The lowest BCUT2D eigenvalue weighted by molar-refractivity contribution is 0.247. The predicted molar refractivity (Wildman–Crippen MR) is 68.6 cm³/mol. The molecule has 0 radical (unpaired) electrons. The molecule has 0 aromatic heterocycles. The Morgan fingerprint density at radius 2 is 2.06 bits per heavy atom. The van der Waals surface area contributed by atoms with E-state index >= 15 is 0 Å². The number of rotatable bonds is 6. The zero-order valence-corrected chi connectivity index (χ0v) is 10.9. The molecule has 1 aromatic rings. The van der Waals surface area contributed by atoms with Gasteiger partial charge in [0.25, 0.3) is 0 Å². The number of ether oxygens (including phenoxy) is 1. The maximum absolute atomic E-state index is 13.2. The Kier molecular flexibility index (Phi) is 5.42. The standard InChI is InChI=1S/C14H22FNO/c1-4-5-10(2)9-17-14-8-12(15)6-7-13(14)11(3)16/h6-8,10-11H,4-5,9,16H2,1-3H3/t10?,11-/m1/s1. The van der Waals surface area contributed by atoms with E-state index in [1.54, 1.807) is 6.07 Å². The highest BCUT2D eigenvalue weighted by molar-refractivity contribution is 5.36. The summed E-state index contributed by atoms with van der Waals surface area (Å²) in [6, 6.07) is 4.38. The molecule has 1 aromatic carbocycles. The molecule has 0 fully saturated rings. The molecule has 0 aliphatic rings. The molecule has 2 N–H and O–H groups in total. The summed E-state index contributed by atoms with van der Waals surface area (Å²) in [6.45, 7) is 6.76. The number of nitrogens with two attached hydrogens (primary N) is 1. The predicted octanol–water partition coefficient (Wildman–Crippen LogP) is 3.66. The third kappa shape index (κ3) is 4.35. The molecular formula is C14H22FNO. The average molecular weight is 239 g/mol. The molecule has 0 bridgehead atoms. The molecule has 0 spiro atoms. The van der Waals surface area contributed by atoms with Gasteiger partial charge in [0.05, 0.1) is 6.61 Å². The first-order chi connectivity index (χ1) is 8.04. The average Bonchev–Trinajstić information content (AvgIpc) is 2.26. The molecule has 17 heavy (non-hydrogen) atoms. The van der Waals surface area contributed by atoms with Gasteiger partial charge < -0.3 is 10.5 Å². The Morgan fingerprint density at radius 1 is 1.35 bits per heavy atom. The van der Waals surface area contributed by atoms with Crippen molar-refractivity contribution < 1.29 is 9.13 Å². The minimum Gasteiger partial charge on any atom is -0.493 e. The number of hydrogen-bond donors (Lipinski definition) is 1. The van der Waals surface area contributed by atoms with E-state index in [9.17, 15) is 4.39 Å². The van der Waals surface area contributed by atoms with Gasteiger partial charge in [-0.1, -0.05) is 26.3 Å².